The summed E-state index contributed by atoms with van der Waals surface area (Å²) in [5.41, 5.74) is 2.27. The Balaban J connectivity index is 2.57. The lowest BCUT2D eigenvalue weighted by Crippen LogP contribution is -2.22. The first kappa shape index (κ1) is 6.91. The van der Waals surface area contributed by atoms with E-state index in [0.717, 1.165) is 0 Å². The van der Waals surface area contributed by atoms with Gasteiger partial charge in [0.1, 0.15) is 5.25 Å². The molecule has 0 amide bonds. The van der Waals surface area contributed by atoms with Gasteiger partial charge in [0, 0.05) is 0 Å². The molecule has 0 aliphatic carbocycles. The highest BCUT2D eigenvalue weighted by molar-refractivity contribution is 8.13. The van der Waals surface area contributed by atoms with E-state index in [4.69, 9.17) is 0 Å². The van der Waals surface area contributed by atoms with E-state index >= 15 is 0 Å². The second-order valence-corrected chi connectivity index (χ2v) is 4.32. The van der Waals surface area contributed by atoms with Crippen LogP contribution in [0.2, 0.25) is 0 Å². The molecule has 0 fully saturated rings. The molecular weight excluding hydrogens is 130 g/mol. The van der Waals surface area contributed by atoms with Gasteiger partial charge in [-0.25, -0.2) is 0 Å². The zero-order valence-electron chi connectivity index (χ0n) is 6.09. The van der Waals surface area contributed by atoms with Crippen molar-refractivity contribution in [2.45, 2.75) is 26.0 Å². The van der Waals surface area contributed by atoms with Crippen LogP contribution in [0.4, 0.5) is 0 Å². The second-order valence-electron chi connectivity index (χ2n) is 3.33. The summed E-state index contributed by atoms with van der Waals surface area (Å²) in [6.07, 6.45) is 2.02. The molecule has 0 saturated heterocycles. The fraction of sp³-hybridized carbons (Fsp3) is 0.714. The van der Waals surface area contributed by atoms with Crippen LogP contribution in [-0.4, -0.2) is 17.0 Å². The first-order valence-electron chi connectivity index (χ1n) is 3.11. The van der Waals surface area contributed by atoms with Gasteiger partial charge in [0.05, 0.1) is 0 Å². The topological polar surface area (TPSA) is 14.1 Å². The fourth-order valence-electron chi connectivity index (χ4n) is 0.677. The molecule has 0 spiro atoms. The molecule has 1 nitrogen and oxygen atoms in total. The Hall–Kier alpha value is -0.200. The minimum absolute atomic E-state index is 0.362. The van der Waals surface area contributed by atoms with Gasteiger partial charge in [-0.1, -0.05) is 25.4 Å². The summed E-state index contributed by atoms with van der Waals surface area (Å²) in [6.45, 7) is 6.70. The van der Waals surface area contributed by atoms with Crippen molar-refractivity contribution in [3.63, 3.8) is 0 Å². The minimum Gasteiger partial charge on any atom is -0.0969 e. The molecule has 1 aliphatic rings. The third-order valence-electron chi connectivity index (χ3n) is 1.34. The van der Waals surface area contributed by atoms with E-state index in [1.807, 2.05) is 11.8 Å². The van der Waals surface area contributed by atoms with Crippen LogP contribution < -0.4 is 4.67 Å². The third-order valence-corrected chi connectivity index (χ3v) is 2.71. The largest absolute Gasteiger partial charge is 0.326 e. The smallest absolute Gasteiger partial charge is 0.0969 e. The van der Waals surface area contributed by atoms with Gasteiger partial charge in [0.15, 0.2) is 0 Å². The van der Waals surface area contributed by atoms with E-state index < -0.39 is 0 Å². The molecule has 1 rings (SSSR count). The molecule has 0 N–H and O–H groups in total. The van der Waals surface area contributed by atoms with Gasteiger partial charge in [-0.15, -0.1) is 0 Å². The molecule has 50 valence electrons. The van der Waals surface area contributed by atoms with Crippen molar-refractivity contribution < 1.29 is 0 Å². The SMILES string of the molecule is CC(C)(C)C1C=[N+]=CS1. The van der Waals surface area contributed by atoms with Gasteiger partial charge in [-0.05, 0) is 17.2 Å². The van der Waals surface area contributed by atoms with Crippen molar-refractivity contribution in [2.75, 3.05) is 0 Å². The summed E-state index contributed by atoms with van der Waals surface area (Å²) in [7, 11) is 0. The van der Waals surface area contributed by atoms with Crippen LogP contribution in [-0.2, 0) is 0 Å². The van der Waals surface area contributed by atoms with Crippen LogP contribution in [0.3, 0.4) is 0 Å². The molecule has 1 unspecified atom stereocenters. The predicted octanol–water partition coefficient (Wildman–Crippen LogP) is 1.31. The van der Waals surface area contributed by atoms with Gasteiger partial charge < -0.3 is 0 Å². The van der Waals surface area contributed by atoms with Gasteiger partial charge in [0.2, 0.25) is 0 Å². The molecule has 9 heavy (non-hydrogen) atoms. The molecule has 1 aliphatic heterocycles. The molecule has 0 radical (unpaired) electrons. The Labute approximate surface area is 60.3 Å². The van der Waals surface area contributed by atoms with Crippen LogP contribution in [0, 0.1) is 5.41 Å². The van der Waals surface area contributed by atoms with E-state index in [2.05, 4.69) is 25.4 Å². The lowest BCUT2D eigenvalue weighted by Gasteiger charge is -2.18. The summed E-state index contributed by atoms with van der Waals surface area (Å²) in [5, 5.41) is 0.581. The molecule has 0 aromatic heterocycles. The van der Waals surface area contributed by atoms with Crippen LogP contribution in [0.5, 0.6) is 0 Å². The van der Waals surface area contributed by atoms with Crippen LogP contribution >= 0.6 is 11.8 Å². The Morgan fingerprint density at radius 2 is 2.11 bits per heavy atom. The Morgan fingerprint density at radius 3 is 2.33 bits per heavy atom. The van der Waals surface area contributed by atoms with E-state index in [0.29, 0.717) is 10.7 Å². The lowest BCUT2D eigenvalue weighted by atomic mass is 9.92. The van der Waals surface area contributed by atoms with Crippen LogP contribution in [0.15, 0.2) is 0 Å². The summed E-state index contributed by atoms with van der Waals surface area (Å²) < 4.78 is 4.04. The van der Waals surface area contributed by atoms with Gasteiger partial charge in [-0.2, -0.15) is 0 Å². The van der Waals surface area contributed by atoms with Crippen molar-refractivity contribution >= 4 is 23.5 Å². The number of rotatable bonds is 0. The average molecular weight is 142 g/mol. The van der Waals surface area contributed by atoms with Crippen molar-refractivity contribution in [3.8, 4) is 0 Å². The zero-order chi connectivity index (χ0) is 6.91. The first-order chi connectivity index (χ1) is 4.11. The molecule has 0 bridgehead atoms. The number of thioether (sulfide) groups is 1. The number of hydrogen-bond acceptors (Lipinski definition) is 1. The highest BCUT2D eigenvalue weighted by atomic mass is 32.2. The summed E-state index contributed by atoms with van der Waals surface area (Å²) >= 11 is 1.80. The average Bonchev–Trinajstić information content (AvgIpc) is 2.08. The molecule has 0 aromatic carbocycles. The van der Waals surface area contributed by atoms with Crippen molar-refractivity contribution in [1.29, 1.82) is 0 Å². The first-order valence-corrected chi connectivity index (χ1v) is 4.05. The quantitative estimate of drug-likeness (QED) is 0.465. The van der Waals surface area contributed by atoms with Gasteiger partial charge in [0.25, 0.3) is 6.21 Å². The van der Waals surface area contributed by atoms with Crippen molar-refractivity contribution in [1.82, 2.24) is 4.67 Å². The van der Waals surface area contributed by atoms with E-state index in [1.165, 1.54) is 0 Å². The molecule has 0 aromatic rings. The maximum atomic E-state index is 4.04. The van der Waals surface area contributed by atoms with E-state index in [9.17, 15) is 0 Å². The highest BCUT2D eigenvalue weighted by Crippen LogP contribution is 2.28. The summed E-state index contributed by atoms with van der Waals surface area (Å²) in [5.74, 6) is 0. The predicted molar refractivity (Wildman–Crippen MR) is 45.1 cm³/mol. The van der Waals surface area contributed by atoms with Gasteiger partial charge >= 0.3 is 5.55 Å². The fourth-order valence-corrected chi connectivity index (χ4v) is 1.50. The maximum absolute atomic E-state index is 4.04. The number of nitrogens with zero attached hydrogens (tertiary/aromatic N) is 1. The van der Waals surface area contributed by atoms with E-state index in [1.54, 1.807) is 11.8 Å². The third kappa shape index (κ3) is 1.60. The molecule has 0 saturated carbocycles. The molecule has 1 atom stereocenters. The van der Waals surface area contributed by atoms with Gasteiger partial charge in [-0.3, -0.25) is 0 Å². The summed E-state index contributed by atoms with van der Waals surface area (Å²) in [4.78, 5) is 0. The summed E-state index contributed by atoms with van der Waals surface area (Å²) in [6, 6.07) is 0. The highest BCUT2D eigenvalue weighted by Gasteiger charge is 2.30. The standard InChI is InChI=1S/C7H12NS/c1-7(2,3)6-4-8-5-9-6/h4-6H,1-3H3/q+1. The van der Waals surface area contributed by atoms with E-state index in [-0.39, 0.29) is 0 Å². The maximum Gasteiger partial charge on any atom is 0.326 e. The molecular formula is C7H12NS+. The monoisotopic (exact) mass is 142 g/mol. The Morgan fingerprint density at radius 1 is 1.44 bits per heavy atom. The normalized spacial score (nSPS) is 25.4. The van der Waals surface area contributed by atoms with Crippen molar-refractivity contribution in [3.05, 3.63) is 0 Å². The molecule has 2 heteroatoms. The minimum atomic E-state index is 0.362. The Kier molecular flexibility index (Phi) is 1.69. The lowest BCUT2D eigenvalue weighted by molar-refractivity contribution is 0.450. The van der Waals surface area contributed by atoms with Crippen LogP contribution in [0.25, 0.3) is 0 Å². The Bertz CT molecular complexity index is 160. The molecule has 1 heterocycles. The second kappa shape index (κ2) is 2.20. The zero-order valence-corrected chi connectivity index (χ0v) is 6.90. The number of hydrogen-bond donors (Lipinski definition) is 0. The van der Waals surface area contributed by atoms with Crippen molar-refractivity contribution in [2.24, 2.45) is 5.41 Å². The van der Waals surface area contributed by atoms with Crippen LogP contribution in [0.1, 0.15) is 20.8 Å².